The van der Waals surface area contributed by atoms with E-state index in [1.54, 1.807) is 7.05 Å². The Morgan fingerprint density at radius 1 is 1.29 bits per heavy atom. The molecule has 0 saturated carbocycles. The van der Waals surface area contributed by atoms with E-state index in [-0.39, 0.29) is 12.0 Å². The van der Waals surface area contributed by atoms with Crippen molar-refractivity contribution < 1.29 is 8.42 Å². The summed E-state index contributed by atoms with van der Waals surface area (Å²) in [5, 5.41) is 0. The average molecular weight is 311 g/mol. The van der Waals surface area contributed by atoms with Crippen LogP contribution in [-0.2, 0) is 10.2 Å². The maximum Gasteiger partial charge on any atom is 0.281 e. The number of rotatable bonds is 5. The van der Waals surface area contributed by atoms with Crippen LogP contribution in [0.15, 0.2) is 30.3 Å². The maximum atomic E-state index is 12.6. The van der Waals surface area contributed by atoms with Gasteiger partial charge < -0.3 is 5.73 Å². The Balaban J connectivity index is 2.13. The van der Waals surface area contributed by atoms with Crippen molar-refractivity contribution in [3.63, 3.8) is 0 Å². The average Bonchev–Trinajstić information content (AvgIpc) is 2.81. The summed E-state index contributed by atoms with van der Waals surface area (Å²) in [5.74, 6) is 0.361. The van der Waals surface area contributed by atoms with Crippen LogP contribution in [0.2, 0.25) is 0 Å². The molecule has 118 valence electrons. The highest BCUT2D eigenvalue weighted by Crippen LogP contribution is 2.28. The molecule has 1 saturated heterocycles. The minimum absolute atomic E-state index is 0.0634. The molecule has 0 amide bonds. The largest absolute Gasteiger partial charge is 0.326 e. The second kappa shape index (κ2) is 6.44. The van der Waals surface area contributed by atoms with Gasteiger partial charge in [-0.2, -0.15) is 17.0 Å². The van der Waals surface area contributed by atoms with Gasteiger partial charge in [0.05, 0.1) is 0 Å². The normalized spacial score (nSPS) is 24.1. The lowest BCUT2D eigenvalue weighted by molar-refractivity contribution is 0.365. The van der Waals surface area contributed by atoms with Gasteiger partial charge in [0.2, 0.25) is 0 Å². The first-order valence-electron chi connectivity index (χ1n) is 7.34. The zero-order chi connectivity index (χ0) is 15.6. The second-order valence-electron chi connectivity index (χ2n) is 6.18. The lowest BCUT2D eigenvalue weighted by Gasteiger charge is -2.25. The van der Waals surface area contributed by atoms with Gasteiger partial charge in [0, 0.05) is 38.6 Å². The molecule has 1 aromatic carbocycles. The van der Waals surface area contributed by atoms with E-state index in [9.17, 15) is 8.42 Å². The van der Waals surface area contributed by atoms with Crippen LogP contribution in [-0.4, -0.2) is 49.8 Å². The van der Waals surface area contributed by atoms with Gasteiger partial charge in [-0.25, -0.2) is 0 Å². The minimum atomic E-state index is -3.42. The summed E-state index contributed by atoms with van der Waals surface area (Å²) in [4.78, 5) is 0. The van der Waals surface area contributed by atoms with E-state index >= 15 is 0 Å². The third kappa shape index (κ3) is 3.63. The summed E-state index contributed by atoms with van der Waals surface area (Å²) >= 11 is 0. The summed E-state index contributed by atoms with van der Waals surface area (Å²) in [7, 11) is -1.79. The highest BCUT2D eigenvalue weighted by molar-refractivity contribution is 7.86. The topological polar surface area (TPSA) is 66.6 Å². The van der Waals surface area contributed by atoms with Gasteiger partial charge in [0.25, 0.3) is 10.2 Å². The zero-order valence-electron chi connectivity index (χ0n) is 12.9. The molecular formula is C15H25N3O2S. The summed E-state index contributed by atoms with van der Waals surface area (Å²) in [5.41, 5.74) is 7.28. The van der Waals surface area contributed by atoms with Gasteiger partial charge in [-0.15, -0.1) is 0 Å². The molecule has 1 heterocycles. The van der Waals surface area contributed by atoms with Crippen LogP contribution in [0.1, 0.15) is 25.3 Å². The Labute approximate surface area is 127 Å². The number of nitrogens with zero attached hydrogens (tertiary/aromatic N) is 2. The first-order chi connectivity index (χ1) is 9.82. The molecule has 1 aliphatic rings. The molecule has 0 bridgehead atoms. The molecule has 0 aromatic heterocycles. The number of benzene rings is 1. The molecule has 1 fully saturated rings. The summed E-state index contributed by atoms with van der Waals surface area (Å²) in [6.07, 6.45) is 0. The Morgan fingerprint density at radius 2 is 1.90 bits per heavy atom. The van der Waals surface area contributed by atoms with Gasteiger partial charge in [0.1, 0.15) is 0 Å². The van der Waals surface area contributed by atoms with Crippen LogP contribution in [0.5, 0.6) is 0 Å². The molecule has 0 unspecified atom stereocenters. The second-order valence-corrected chi connectivity index (χ2v) is 8.22. The number of nitrogens with two attached hydrogens (primary N) is 1. The Kier molecular flexibility index (Phi) is 5.03. The standard InChI is InChI=1S/C15H25N3O2S/c1-12(2)9-17(3)21(19,20)18-10-14(15(16)11-18)13-7-5-4-6-8-13/h4-8,12,14-15H,9-11,16H2,1-3H3/t14-,15+/m0/s1. The van der Waals surface area contributed by atoms with E-state index in [2.05, 4.69) is 0 Å². The van der Waals surface area contributed by atoms with Crippen molar-refractivity contribution in [3.8, 4) is 0 Å². The monoisotopic (exact) mass is 311 g/mol. The summed E-state index contributed by atoms with van der Waals surface area (Å²) in [6, 6.07) is 9.75. The minimum Gasteiger partial charge on any atom is -0.326 e. The molecule has 21 heavy (non-hydrogen) atoms. The molecule has 2 N–H and O–H groups in total. The molecule has 1 aromatic rings. The van der Waals surface area contributed by atoms with Crippen molar-refractivity contribution in [1.29, 1.82) is 0 Å². The first kappa shape index (κ1) is 16.4. The van der Waals surface area contributed by atoms with Crippen molar-refractivity contribution in [2.24, 2.45) is 11.7 Å². The maximum absolute atomic E-state index is 12.6. The molecule has 5 nitrogen and oxygen atoms in total. The van der Waals surface area contributed by atoms with Gasteiger partial charge in [-0.3, -0.25) is 0 Å². The lowest BCUT2D eigenvalue weighted by Crippen LogP contribution is -2.43. The highest BCUT2D eigenvalue weighted by atomic mass is 32.2. The molecule has 0 aliphatic carbocycles. The third-order valence-electron chi connectivity index (χ3n) is 3.90. The molecule has 2 atom stereocenters. The molecule has 0 radical (unpaired) electrons. The van der Waals surface area contributed by atoms with Crippen molar-refractivity contribution >= 4 is 10.2 Å². The molecule has 6 heteroatoms. The highest BCUT2D eigenvalue weighted by Gasteiger charge is 2.39. The first-order valence-corrected chi connectivity index (χ1v) is 8.74. The Hall–Kier alpha value is -0.950. The van der Waals surface area contributed by atoms with Crippen molar-refractivity contribution in [2.45, 2.75) is 25.8 Å². The molecule has 1 aliphatic heterocycles. The molecule has 0 spiro atoms. The fourth-order valence-corrected chi connectivity index (χ4v) is 4.43. The van der Waals surface area contributed by atoms with E-state index in [1.165, 1.54) is 8.61 Å². The number of hydrogen-bond donors (Lipinski definition) is 1. The van der Waals surface area contributed by atoms with Crippen LogP contribution in [0.4, 0.5) is 0 Å². The van der Waals surface area contributed by atoms with Gasteiger partial charge >= 0.3 is 0 Å². The molecular weight excluding hydrogens is 286 g/mol. The van der Waals surface area contributed by atoms with E-state index in [1.807, 2.05) is 44.2 Å². The predicted octanol–water partition coefficient (Wildman–Crippen LogP) is 1.25. The lowest BCUT2D eigenvalue weighted by atomic mass is 9.95. The van der Waals surface area contributed by atoms with Crippen LogP contribution in [0.25, 0.3) is 0 Å². The van der Waals surface area contributed by atoms with Crippen LogP contribution in [0, 0.1) is 5.92 Å². The Bertz CT molecular complexity index is 560. The van der Waals surface area contributed by atoms with Gasteiger partial charge in [-0.1, -0.05) is 44.2 Å². The van der Waals surface area contributed by atoms with Crippen LogP contribution < -0.4 is 5.73 Å². The third-order valence-corrected chi connectivity index (χ3v) is 5.79. The predicted molar refractivity (Wildman–Crippen MR) is 85.1 cm³/mol. The smallest absolute Gasteiger partial charge is 0.281 e. The van der Waals surface area contributed by atoms with E-state index in [4.69, 9.17) is 5.73 Å². The fraction of sp³-hybridized carbons (Fsp3) is 0.600. The number of hydrogen-bond acceptors (Lipinski definition) is 3. The van der Waals surface area contributed by atoms with Crippen molar-refractivity contribution in [2.75, 3.05) is 26.7 Å². The van der Waals surface area contributed by atoms with Crippen molar-refractivity contribution in [3.05, 3.63) is 35.9 Å². The van der Waals surface area contributed by atoms with Crippen LogP contribution in [0.3, 0.4) is 0 Å². The molecule has 2 rings (SSSR count). The summed E-state index contributed by atoms with van der Waals surface area (Å²) < 4.78 is 28.1. The Morgan fingerprint density at radius 3 is 2.48 bits per heavy atom. The SMILES string of the molecule is CC(C)CN(C)S(=O)(=O)N1C[C@@H](N)[C@H](c2ccccc2)C1. The van der Waals surface area contributed by atoms with E-state index in [0.717, 1.165) is 5.56 Å². The van der Waals surface area contributed by atoms with Gasteiger partial charge in [-0.05, 0) is 11.5 Å². The zero-order valence-corrected chi connectivity index (χ0v) is 13.8. The van der Waals surface area contributed by atoms with Crippen molar-refractivity contribution in [1.82, 2.24) is 8.61 Å². The quantitative estimate of drug-likeness (QED) is 0.890. The van der Waals surface area contributed by atoms with E-state index in [0.29, 0.717) is 25.6 Å². The van der Waals surface area contributed by atoms with Gasteiger partial charge in [0.15, 0.2) is 0 Å². The summed E-state index contributed by atoms with van der Waals surface area (Å²) in [6.45, 7) is 5.37. The van der Waals surface area contributed by atoms with E-state index < -0.39 is 10.2 Å². The van der Waals surface area contributed by atoms with Crippen LogP contribution >= 0.6 is 0 Å². The fourth-order valence-electron chi connectivity index (χ4n) is 2.84.